The monoisotopic (exact) mass is 306 g/mol. The van der Waals surface area contributed by atoms with Gasteiger partial charge in [0.1, 0.15) is 5.82 Å². The predicted octanol–water partition coefficient (Wildman–Crippen LogP) is 2.18. The van der Waals surface area contributed by atoms with E-state index in [0.29, 0.717) is 12.4 Å². The number of hydrogen-bond donors (Lipinski definition) is 0. The van der Waals surface area contributed by atoms with Crippen molar-refractivity contribution in [2.24, 2.45) is 0 Å². The number of sulfonamides is 1. The van der Waals surface area contributed by atoms with E-state index in [4.69, 9.17) is 4.74 Å². The van der Waals surface area contributed by atoms with Crippen LogP contribution in [0, 0.1) is 0 Å². The molecule has 0 N–H and O–H groups in total. The third-order valence-corrected chi connectivity index (χ3v) is 5.56. The first kappa shape index (κ1) is 14.3. The molecule has 2 aromatic rings. The molecule has 1 aliphatic heterocycles. The zero-order chi connectivity index (χ0) is 14.9. The fraction of sp³-hybridized carbons (Fsp3) is 0.400. The Hall–Kier alpha value is -1.66. The third-order valence-electron chi connectivity index (χ3n) is 3.74. The summed E-state index contributed by atoms with van der Waals surface area (Å²) >= 11 is 0. The average molecular weight is 306 g/mol. The van der Waals surface area contributed by atoms with Crippen molar-refractivity contribution in [2.45, 2.75) is 18.9 Å². The van der Waals surface area contributed by atoms with E-state index in [-0.39, 0.29) is 11.9 Å². The minimum absolute atomic E-state index is 0.0119. The van der Waals surface area contributed by atoms with Crippen LogP contribution in [-0.4, -0.2) is 38.9 Å². The molecule has 3 rings (SSSR count). The molecule has 1 atom stereocenters. The van der Waals surface area contributed by atoms with Gasteiger partial charge in [-0.2, -0.15) is 0 Å². The molecule has 112 valence electrons. The number of para-hydroxylation sites is 1. The van der Waals surface area contributed by atoms with Gasteiger partial charge in [-0.15, -0.1) is 0 Å². The van der Waals surface area contributed by atoms with Crippen LogP contribution in [0.5, 0.6) is 0 Å². The number of pyridine rings is 1. The molecule has 0 spiro atoms. The van der Waals surface area contributed by atoms with Gasteiger partial charge in [0.2, 0.25) is 10.0 Å². The van der Waals surface area contributed by atoms with E-state index in [1.807, 2.05) is 30.3 Å². The summed E-state index contributed by atoms with van der Waals surface area (Å²) in [7, 11) is -1.88. The van der Waals surface area contributed by atoms with E-state index in [2.05, 4.69) is 4.98 Å². The highest BCUT2D eigenvalue weighted by Gasteiger charge is 2.27. The van der Waals surface area contributed by atoms with E-state index < -0.39 is 10.0 Å². The second-order valence-electron chi connectivity index (χ2n) is 5.24. The van der Waals surface area contributed by atoms with E-state index in [0.717, 1.165) is 23.7 Å². The minimum atomic E-state index is -3.42. The van der Waals surface area contributed by atoms with Crippen molar-refractivity contribution >= 4 is 26.7 Å². The van der Waals surface area contributed by atoms with E-state index >= 15 is 0 Å². The molecule has 6 heteroatoms. The summed E-state index contributed by atoms with van der Waals surface area (Å²) in [5, 5.41) is 0.992. The Labute approximate surface area is 124 Å². The maximum atomic E-state index is 12.4. The summed E-state index contributed by atoms with van der Waals surface area (Å²) in [6.07, 6.45) is 1.54. The van der Waals surface area contributed by atoms with Gasteiger partial charge in [-0.25, -0.2) is 13.4 Å². The molecule has 0 radical (unpaired) electrons. The molecule has 0 aliphatic carbocycles. The molecule has 1 saturated heterocycles. The highest BCUT2D eigenvalue weighted by atomic mass is 32.2. The summed E-state index contributed by atoms with van der Waals surface area (Å²) in [5.41, 5.74) is 0.786. The number of anilines is 1. The Balaban J connectivity index is 1.86. The summed E-state index contributed by atoms with van der Waals surface area (Å²) < 4.78 is 31.5. The lowest BCUT2D eigenvalue weighted by atomic mass is 10.2. The van der Waals surface area contributed by atoms with Crippen LogP contribution in [0.4, 0.5) is 5.82 Å². The van der Waals surface area contributed by atoms with Crippen LogP contribution in [-0.2, 0) is 14.8 Å². The fourth-order valence-corrected chi connectivity index (χ4v) is 3.84. The number of hydrogen-bond acceptors (Lipinski definition) is 4. The molecule has 0 bridgehead atoms. The van der Waals surface area contributed by atoms with E-state index in [9.17, 15) is 8.42 Å². The number of benzene rings is 1. The fourth-order valence-electron chi connectivity index (χ4n) is 2.50. The van der Waals surface area contributed by atoms with Gasteiger partial charge < -0.3 is 4.74 Å². The van der Waals surface area contributed by atoms with Crippen molar-refractivity contribution in [1.29, 1.82) is 0 Å². The molecule has 1 aliphatic rings. The summed E-state index contributed by atoms with van der Waals surface area (Å²) in [6, 6.07) is 11.3. The van der Waals surface area contributed by atoms with Crippen LogP contribution < -0.4 is 4.31 Å². The van der Waals surface area contributed by atoms with Crippen molar-refractivity contribution in [3.63, 3.8) is 0 Å². The maximum Gasteiger partial charge on any atom is 0.238 e. The molecule has 2 heterocycles. The molecule has 1 fully saturated rings. The van der Waals surface area contributed by atoms with Gasteiger partial charge in [-0.1, -0.05) is 18.2 Å². The van der Waals surface area contributed by atoms with Gasteiger partial charge >= 0.3 is 0 Å². The second kappa shape index (κ2) is 5.61. The smallest absolute Gasteiger partial charge is 0.238 e. The maximum absolute atomic E-state index is 12.4. The number of aromatic nitrogens is 1. The third kappa shape index (κ3) is 3.01. The Bertz CT molecular complexity index is 739. The molecular weight excluding hydrogens is 288 g/mol. The molecule has 5 nitrogen and oxygen atoms in total. The van der Waals surface area contributed by atoms with Crippen LogP contribution in [0.3, 0.4) is 0 Å². The first-order valence-corrected chi connectivity index (χ1v) is 8.61. The Kier molecular flexibility index (Phi) is 3.82. The molecule has 1 aromatic carbocycles. The molecule has 0 amide bonds. The van der Waals surface area contributed by atoms with Gasteiger partial charge in [0.05, 0.1) is 17.4 Å². The Morgan fingerprint density at radius 2 is 2.10 bits per heavy atom. The Morgan fingerprint density at radius 1 is 1.29 bits per heavy atom. The lowest BCUT2D eigenvalue weighted by Gasteiger charge is -2.20. The number of rotatable bonds is 4. The van der Waals surface area contributed by atoms with E-state index in [1.54, 1.807) is 13.1 Å². The summed E-state index contributed by atoms with van der Waals surface area (Å²) in [4.78, 5) is 4.42. The van der Waals surface area contributed by atoms with Crippen molar-refractivity contribution in [1.82, 2.24) is 4.98 Å². The molecule has 1 aromatic heterocycles. The number of nitrogens with zero attached hydrogens (tertiary/aromatic N) is 2. The standard InChI is InChI=1S/C15H18N2O3S/c1-17(21(18,19)11-13-6-4-10-20-13)15-9-8-12-5-2-3-7-14(12)16-15/h2-3,5,7-9,13H,4,6,10-11H2,1H3/t13-/m0/s1. The molecule has 21 heavy (non-hydrogen) atoms. The van der Waals surface area contributed by atoms with Gasteiger partial charge in [0, 0.05) is 19.0 Å². The Morgan fingerprint density at radius 3 is 2.86 bits per heavy atom. The largest absolute Gasteiger partial charge is 0.377 e. The quantitative estimate of drug-likeness (QED) is 0.868. The zero-order valence-corrected chi connectivity index (χ0v) is 12.7. The van der Waals surface area contributed by atoms with Gasteiger partial charge in [-0.05, 0) is 31.0 Å². The first-order valence-electron chi connectivity index (χ1n) is 7.00. The van der Waals surface area contributed by atoms with Gasteiger partial charge in [0.15, 0.2) is 0 Å². The zero-order valence-electron chi connectivity index (χ0n) is 11.9. The minimum Gasteiger partial charge on any atom is -0.377 e. The topological polar surface area (TPSA) is 59.5 Å². The highest BCUT2D eigenvalue weighted by molar-refractivity contribution is 7.92. The first-order chi connectivity index (χ1) is 10.1. The van der Waals surface area contributed by atoms with Gasteiger partial charge in [0.25, 0.3) is 0 Å². The van der Waals surface area contributed by atoms with Crippen molar-refractivity contribution in [3.8, 4) is 0 Å². The molecular formula is C15H18N2O3S. The molecule has 0 saturated carbocycles. The van der Waals surface area contributed by atoms with Crippen molar-refractivity contribution in [2.75, 3.05) is 23.7 Å². The van der Waals surface area contributed by atoms with Gasteiger partial charge in [-0.3, -0.25) is 4.31 Å². The number of fused-ring (bicyclic) bond motifs is 1. The lowest BCUT2D eigenvalue weighted by Crippen LogP contribution is -2.34. The van der Waals surface area contributed by atoms with Crippen molar-refractivity contribution < 1.29 is 13.2 Å². The van der Waals surface area contributed by atoms with Crippen LogP contribution >= 0.6 is 0 Å². The second-order valence-corrected chi connectivity index (χ2v) is 7.29. The SMILES string of the molecule is CN(c1ccc2ccccc2n1)S(=O)(=O)C[C@@H]1CCCO1. The van der Waals surface area contributed by atoms with Crippen LogP contribution in [0.25, 0.3) is 10.9 Å². The summed E-state index contributed by atoms with van der Waals surface area (Å²) in [5.74, 6) is 0.449. The molecule has 0 unspecified atom stereocenters. The number of ether oxygens (including phenoxy) is 1. The van der Waals surface area contributed by atoms with Crippen LogP contribution in [0.1, 0.15) is 12.8 Å². The average Bonchev–Trinajstić information content (AvgIpc) is 2.98. The predicted molar refractivity (Wildman–Crippen MR) is 82.9 cm³/mol. The van der Waals surface area contributed by atoms with Crippen molar-refractivity contribution in [3.05, 3.63) is 36.4 Å². The van der Waals surface area contributed by atoms with Crippen LogP contribution in [0.2, 0.25) is 0 Å². The summed E-state index contributed by atoms with van der Waals surface area (Å²) in [6.45, 7) is 0.651. The highest BCUT2D eigenvalue weighted by Crippen LogP contribution is 2.21. The van der Waals surface area contributed by atoms with E-state index in [1.165, 1.54) is 4.31 Å². The normalized spacial score (nSPS) is 19.0. The lowest BCUT2D eigenvalue weighted by molar-refractivity contribution is 0.127. The van der Waals surface area contributed by atoms with Crippen LogP contribution in [0.15, 0.2) is 36.4 Å².